The quantitative estimate of drug-likeness (QED) is 0.573. The van der Waals surface area contributed by atoms with Crippen LogP contribution in [0.2, 0.25) is 0 Å². The largest absolute Gasteiger partial charge is 0.303 e. The molecule has 0 radical (unpaired) electrons. The molecule has 0 N–H and O–H groups in total. The van der Waals surface area contributed by atoms with Crippen molar-refractivity contribution in [2.45, 2.75) is 32.7 Å². The third-order valence-electron chi connectivity index (χ3n) is 2.48. The summed E-state index contributed by atoms with van der Waals surface area (Å²) in [6.45, 7) is 6.72. The molecule has 2 nitrogen and oxygen atoms in total. The molecule has 0 spiro atoms. The van der Waals surface area contributed by atoms with E-state index in [0.717, 1.165) is 19.3 Å². The highest BCUT2D eigenvalue weighted by atomic mass is 16.1. The van der Waals surface area contributed by atoms with Gasteiger partial charge in [-0.3, -0.25) is 0 Å². The summed E-state index contributed by atoms with van der Waals surface area (Å²) in [5.74, 6) is 0.634. The molecule has 1 rings (SSSR count). The van der Waals surface area contributed by atoms with E-state index < -0.39 is 0 Å². The first kappa shape index (κ1) is 8.72. The van der Waals surface area contributed by atoms with Crippen molar-refractivity contribution in [3.05, 3.63) is 0 Å². The number of rotatable bonds is 3. The predicted molar refractivity (Wildman–Crippen MR) is 45.5 cm³/mol. The maximum Gasteiger partial charge on any atom is 0.120 e. The number of likely N-dealkylation sites (tertiary alicyclic amines) is 1. The van der Waals surface area contributed by atoms with E-state index in [-0.39, 0.29) is 0 Å². The van der Waals surface area contributed by atoms with Gasteiger partial charge in [-0.05, 0) is 32.7 Å². The standard InChI is InChI=1S/C9H17NO/c1-8(2)10-5-3-9(7-10)4-6-11/h6,8-9H,3-5,7H2,1-2H3. The molecule has 0 amide bonds. The van der Waals surface area contributed by atoms with Gasteiger partial charge in [0.15, 0.2) is 0 Å². The zero-order chi connectivity index (χ0) is 8.27. The van der Waals surface area contributed by atoms with Gasteiger partial charge >= 0.3 is 0 Å². The van der Waals surface area contributed by atoms with Gasteiger partial charge in [-0.15, -0.1) is 0 Å². The molecule has 1 heterocycles. The zero-order valence-corrected chi connectivity index (χ0v) is 7.42. The van der Waals surface area contributed by atoms with Crippen LogP contribution >= 0.6 is 0 Å². The summed E-state index contributed by atoms with van der Waals surface area (Å²) in [4.78, 5) is 12.7. The first-order valence-electron chi connectivity index (χ1n) is 4.41. The first-order chi connectivity index (χ1) is 5.24. The predicted octanol–water partition coefficient (Wildman–Crippen LogP) is 1.31. The van der Waals surface area contributed by atoms with E-state index in [2.05, 4.69) is 18.7 Å². The third kappa shape index (κ3) is 2.29. The van der Waals surface area contributed by atoms with Crippen LogP contribution in [0.25, 0.3) is 0 Å². The highest BCUT2D eigenvalue weighted by Gasteiger charge is 2.23. The molecule has 11 heavy (non-hydrogen) atoms. The normalized spacial score (nSPS) is 26.3. The topological polar surface area (TPSA) is 20.3 Å². The number of hydrogen-bond donors (Lipinski definition) is 0. The van der Waals surface area contributed by atoms with Gasteiger partial charge in [0.2, 0.25) is 0 Å². The number of carbonyl (C=O) groups excluding carboxylic acids is 1. The summed E-state index contributed by atoms with van der Waals surface area (Å²) >= 11 is 0. The van der Waals surface area contributed by atoms with Crippen molar-refractivity contribution in [1.29, 1.82) is 0 Å². The van der Waals surface area contributed by atoms with Gasteiger partial charge in [0.25, 0.3) is 0 Å². The molecule has 0 aliphatic carbocycles. The fraction of sp³-hybridized carbons (Fsp3) is 0.889. The van der Waals surface area contributed by atoms with E-state index in [1.165, 1.54) is 13.0 Å². The second-order valence-electron chi connectivity index (χ2n) is 3.65. The van der Waals surface area contributed by atoms with Crippen LogP contribution in [0.5, 0.6) is 0 Å². The second-order valence-corrected chi connectivity index (χ2v) is 3.65. The average Bonchev–Trinajstić information content (AvgIpc) is 2.37. The van der Waals surface area contributed by atoms with Crippen LogP contribution < -0.4 is 0 Å². The number of carbonyl (C=O) groups is 1. The van der Waals surface area contributed by atoms with E-state index >= 15 is 0 Å². The average molecular weight is 155 g/mol. The van der Waals surface area contributed by atoms with Crippen molar-refractivity contribution in [2.24, 2.45) is 5.92 Å². The molecule has 1 fully saturated rings. The fourth-order valence-electron chi connectivity index (χ4n) is 1.66. The minimum atomic E-state index is 0.634. The lowest BCUT2D eigenvalue weighted by Gasteiger charge is -2.19. The smallest absolute Gasteiger partial charge is 0.120 e. The maximum atomic E-state index is 10.2. The molecule has 2 heteroatoms. The molecule has 1 unspecified atom stereocenters. The van der Waals surface area contributed by atoms with E-state index in [1.54, 1.807) is 0 Å². The Labute approximate surface area is 68.6 Å². The van der Waals surface area contributed by atoms with Gasteiger partial charge in [-0.2, -0.15) is 0 Å². The first-order valence-corrected chi connectivity index (χ1v) is 4.41. The molecule has 64 valence electrons. The van der Waals surface area contributed by atoms with Gasteiger partial charge in [0.1, 0.15) is 6.29 Å². The molecule has 1 aliphatic rings. The minimum Gasteiger partial charge on any atom is -0.303 e. The van der Waals surface area contributed by atoms with Crippen molar-refractivity contribution in [3.63, 3.8) is 0 Å². The number of aldehydes is 1. The summed E-state index contributed by atoms with van der Waals surface area (Å²) in [5.41, 5.74) is 0. The minimum absolute atomic E-state index is 0.634. The Hall–Kier alpha value is -0.370. The molecule has 0 aromatic heterocycles. The molecule has 1 atom stereocenters. The van der Waals surface area contributed by atoms with Crippen LogP contribution in [-0.4, -0.2) is 30.3 Å². The van der Waals surface area contributed by atoms with Crippen LogP contribution in [0.15, 0.2) is 0 Å². The van der Waals surface area contributed by atoms with Crippen molar-refractivity contribution in [2.75, 3.05) is 13.1 Å². The van der Waals surface area contributed by atoms with Crippen molar-refractivity contribution in [3.8, 4) is 0 Å². The summed E-state index contributed by atoms with van der Waals surface area (Å²) in [7, 11) is 0. The number of nitrogens with zero attached hydrogens (tertiary/aromatic N) is 1. The third-order valence-corrected chi connectivity index (χ3v) is 2.48. The molecule has 0 aromatic rings. The lowest BCUT2D eigenvalue weighted by molar-refractivity contribution is -0.108. The summed E-state index contributed by atoms with van der Waals surface area (Å²) < 4.78 is 0. The Balaban J connectivity index is 2.28. The summed E-state index contributed by atoms with van der Waals surface area (Å²) in [6.07, 6.45) is 3.01. The van der Waals surface area contributed by atoms with Crippen LogP contribution in [0.4, 0.5) is 0 Å². The summed E-state index contributed by atoms with van der Waals surface area (Å²) in [6, 6.07) is 0.645. The lowest BCUT2D eigenvalue weighted by Crippen LogP contribution is -2.28. The fourth-order valence-corrected chi connectivity index (χ4v) is 1.66. The Kier molecular flexibility index (Phi) is 3.06. The van der Waals surface area contributed by atoms with Gasteiger partial charge in [-0.1, -0.05) is 0 Å². The van der Waals surface area contributed by atoms with E-state index in [1.807, 2.05) is 0 Å². The van der Waals surface area contributed by atoms with Gasteiger partial charge < -0.3 is 9.69 Å². The van der Waals surface area contributed by atoms with Gasteiger partial charge in [0.05, 0.1) is 0 Å². The summed E-state index contributed by atoms with van der Waals surface area (Å²) in [5, 5.41) is 0. The highest BCUT2D eigenvalue weighted by Crippen LogP contribution is 2.19. The molecule has 1 aliphatic heterocycles. The number of hydrogen-bond acceptors (Lipinski definition) is 2. The molecule has 0 bridgehead atoms. The molecular formula is C9H17NO. The zero-order valence-electron chi connectivity index (χ0n) is 7.42. The van der Waals surface area contributed by atoms with Crippen molar-refractivity contribution >= 4 is 6.29 Å². The van der Waals surface area contributed by atoms with Gasteiger partial charge in [-0.25, -0.2) is 0 Å². The highest BCUT2D eigenvalue weighted by molar-refractivity contribution is 5.49. The van der Waals surface area contributed by atoms with Crippen LogP contribution in [0.1, 0.15) is 26.7 Å². The van der Waals surface area contributed by atoms with Gasteiger partial charge in [0, 0.05) is 19.0 Å². The van der Waals surface area contributed by atoms with Crippen LogP contribution in [0, 0.1) is 5.92 Å². The lowest BCUT2D eigenvalue weighted by atomic mass is 10.1. The maximum absolute atomic E-state index is 10.2. The molecule has 0 saturated carbocycles. The van der Waals surface area contributed by atoms with E-state index in [4.69, 9.17) is 0 Å². The van der Waals surface area contributed by atoms with Crippen LogP contribution in [0.3, 0.4) is 0 Å². The Bertz CT molecular complexity index is 134. The molecule has 1 saturated heterocycles. The molecular weight excluding hydrogens is 138 g/mol. The van der Waals surface area contributed by atoms with Crippen LogP contribution in [-0.2, 0) is 4.79 Å². The second kappa shape index (κ2) is 3.86. The Morgan fingerprint density at radius 2 is 2.36 bits per heavy atom. The Morgan fingerprint density at radius 3 is 2.82 bits per heavy atom. The van der Waals surface area contributed by atoms with E-state index in [9.17, 15) is 4.79 Å². The SMILES string of the molecule is CC(C)N1CCC(CC=O)C1. The van der Waals surface area contributed by atoms with Crippen molar-refractivity contribution in [1.82, 2.24) is 4.90 Å². The van der Waals surface area contributed by atoms with Crippen molar-refractivity contribution < 1.29 is 4.79 Å². The van der Waals surface area contributed by atoms with E-state index in [0.29, 0.717) is 12.0 Å². The monoisotopic (exact) mass is 155 g/mol. The Morgan fingerprint density at radius 1 is 1.64 bits per heavy atom. The molecule has 0 aromatic carbocycles.